The first kappa shape index (κ1) is 13.6. The van der Waals surface area contributed by atoms with E-state index in [4.69, 9.17) is 4.42 Å². The van der Waals surface area contributed by atoms with Gasteiger partial charge in [-0.1, -0.05) is 5.10 Å². The average Bonchev–Trinajstić information content (AvgIpc) is 2.83. The Bertz CT molecular complexity index is 682. The van der Waals surface area contributed by atoms with Crippen LogP contribution in [0.3, 0.4) is 0 Å². The normalized spacial score (nSPS) is 24.5. The first-order chi connectivity index (χ1) is 10.7. The van der Waals surface area contributed by atoms with Gasteiger partial charge in [-0.05, 0) is 31.0 Å². The van der Waals surface area contributed by atoms with E-state index in [0.29, 0.717) is 17.6 Å². The maximum atomic E-state index is 13.3. The van der Waals surface area contributed by atoms with Crippen molar-refractivity contribution in [2.24, 2.45) is 0 Å². The molecule has 3 aliphatic rings. The number of hydrogen-bond donors (Lipinski definition) is 0. The fourth-order valence-electron chi connectivity index (χ4n) is 3.22. The second kappa shape index (κ2) is 5.31. The van der Waals surface area contributed by atoms with Crippen molar-refractivity contribution in [3.8, 4) is 11.5 Å². The molecule has 0 spiro atoms. The van der Waals surface area contributed by atoms with Gasteiger partial charge in [-0.2, -0.15) is 0 Å². The van der Waals surface area contributed by atoms with Crippen molar-refractivity contribution in [2.45, 2.75) is 18.9 Å². The Kier molecular flexibility index (Phi) is 3.29. The predicted molar refractivity (Wildman–Crippen MR) is 76.5 cm³/mol. The Morgan fingerprint density at radius 1 is 1.00 bits per heavy atom. The number of anilines is 1. The fourth-order valence-corrected chi connectivity index (χ4v) is 3.22. The van der Waals surface area contributed by atoms with E-state index in [2.05, 4.69) is 20.0 Å². The molecule has 3 fully saturated rings. The molecule has 0 amide bonds. The monoisotopic (exact) mass is 306 g/mol. The Morgan fingerprint density at radius 3 is 2.59 bits per heavy atom. The van der Waals surface area contributed by atoms with Crippen molar-refractivity contribution >= 4 is 6.01 Å². The lowest BCUT2D eigenvalue weighted by atomic mass is 10.1. The zero-order valence-corrected chi connectivity index (χ0v) is 12.0. The fraction of sp³-hybridized carbons (Fsp3) is 0.467. The van der Waals surface area contributed by atoms with Crippen LogP contribution in [0, 0.1) is 11.6 Å². The van der Waals surface area contributed by atoms with E-state index in [-0.39, 0.29) is 5.89 Å². The topological polar surface area (TPSA) is 45.4 Å². The van der Waals surface area contributed by atoms with Gasteiger partial charge in [0.15, 0.2) is 11.6 Å². The zero-order chi connectivity index (χ0) is 15.1. The third-order valence-corrected chi connectivity index (χ3v) is 4.48. The molecule has 5 nitrogen and oxygen atoms in total. The maximum Gasteiger partial charge on any atom is 0.318 e. The van der Waals surface area contributed by atoms with Crippen LogP contribution >= 0.6 is 0 Å². The number of benzene rings is 1. The molecule has 1 aromatic heterocycles. The lowest BCUT2D eigenvalue weighted by Crippen LogP contribution is -2.38. The van der Waals surface area contributed by atoms with Gasteiger partial charge in [0.2, 0.25) is 5.89 Å². The van der Waals surface area contributed by atoms with Crippen LogP contribution in [0.25, 0.3) is 11.5 Å². The Labute approximate surface area is 126 Å². The number of rotatable bonds is 2. The molecule has 2 bridgehead atoms. The van der Waals surface area contributed by atoms with Gasteiger partial charge in [-0.25, -0.2) is 8.78 Å². The van der Waals surface area contributed by atoms with Gasteiger partial charge < -0.3 is 14.2 Å². The summed E-state index contributed by atoms with van der Waals surface area (Å²) in [5.41, 5.74) is 0.389. The molecule has 0 aliphatic carbocycles. The Hall–Kier alpha value is -2.02. The van der Waals surface area contributed by atoms with Crippen LogP contribution < -0.4 is 4.90 Å². The molecular formula is C15H16F2N4O. The van der Waals surface area contributed by atoms with Gasteiger partial charge in [0, 0.05) is 37.8 Å². The van der Waals surface area contributed by atoms with Gasteiger partial charge in [-0.3, -0.25) is 0 Å². The van der Waals surface area contributed by atoms with E-state index >= 15 is 0 Å². The summed E-state index contributed by atoms with van der Waals surface area (Å²) in [5.74, 6) is -1.59. The average molecular weight is 306 g/mol. The quantitative estimate of drug-likeness (QED) is 0.852. The lowest BCUT2D eigenvalue weighted by Gasteiger charge is -2.29. The number of aromatic nitrogens is 2. The van der Waals surface area contributed by atoms with Crippen molar-refractivity contribution in [3.63, 3.8) is 0 Å². The molecule has 0 N–H and O–H groups in total. The SMILES string of the molecule is Fc1ccc(-c2nnc(N3CCN4CCC3CC4)o2)cc1F. The molecule has 7 heteroatoms. The summed E-state index contributed by atoms with van der Waals surface area (Å²) < 4.78 is 32.0. The number of fused-ring (bicyclic) bond motifs is 4. The minimum absolute atomic E-state index is 0.216. The van der Waals surface area contributed by atoms with E-state index in [1.807, 2.05) is 0 Å². The molecule has 0 atom stereocenters. The maximum absolute atomic E-state index is 13.3. The summed E-state index contributed by atoms with van der Waals surface area (Å²) in [7, 11) is 0. The zero-order valence-electron chi connectivity index (χ0n) is 12.0. The van der Waals surface area contributed by atoms with Gasteiger partial charge >= 0.3 is 6.01 Å². The van der Waals surface area contributed by atoms with Gasteiger partial charge in [0.05, 0.1) is 0 Å². The van der Waals surface area contributed by atoms with Crippen molar-refractivity contribution in [1.29, 1.82) is 0 Å². The van der Waals surface area contributed by atoms with Crippen LogP contribution in [0.15, 0.2) is 22.6 Å². The number of nitrogens with zero attached hydrogens (tertiary/aromatic N) is 4. The molecule has 1 aromatic carbocycles. The first-order valence-corrected chi connectivity index (χ1v) is 7.48. The van der Waals surface area contributed by atoms with Gasteiger partial charge in [0.1, 0.15) is 0 Å². The molecule has 0 radical (unpaired) electrons. The molecule has 4 heterocycles. The predicted octanol–water partition coefficient (Wildman–Crippen LogP) is 2.30. The minimum atomic E-state index is -0.918. The summed E-state index contributed by atoms with van der Waals surface area (Å²) >= 11 is 0. The lowest BCUT2D eigenvalue weighted by molar-refractivity contribution is 0.249. The second-order valence-corrected chi connectivity index (χ2v) is 5.78. The Morgan fingerprint density at radius 2 is 1.82 bits per heavy atom. The standard InChI is InChI=1S/C15H16F2N4O/c16-12-2-1-10(9-13(12)17)14-18-19-15(22-14)21-8-7-20-5-3-11(21)4-6-20/h1-2,9,11H,3-8H2. The molecule has 116 valence electrons. The van der Waals surface area contributed by atoms with Crippen LogP contribution in [0.5, 0.6) is 0 Å². The highest BCUT2D eigenvalue weighted by molar-refractivity contribution is 5.53. The van der Waals surface area contributed by atoms with E-state index < -0.39 is 11.6 Å². The summed E-state index contributed by atoms with van der Waals surface area (Å²) in [6.45, 7) is 4.04. The summed E-state index contributed by atoms with van der Waals surface area (Å²) in [6.07, 6.45) is 2.17. The third-order valence-electron chi connectivity index (χ3n) is 4.48. The molecule has 5 rings (SSSR count). The van der Waals surface area contributed by atoms with E-state index in [9.17, 15) is 8.78 Å². The number of piperidine rings is 1. The molecule has 22 heavy (non-hydrogen) atoms. The van der Waals surface area contributed by atoms with Crippen LogP contribution in [0.4, 0.5) is 14.8 Å². The van der Waals surface area contributed by atoms with E-state index in [1.165, 1.54) is 6.07 Å². The largest absolute Gasteiger partial charge is 0.403 e. The van der Waals surface area contributed by atoms with E-state index in [0.717, 1.165) is 51.2 Å². The van der Waals surface area contributed by atoms with Crippen LogP contribution in [-0.4, -0.2) is 47.3 Å². The smallest absolute Gasteiger partial charge is 0.318 e. The molecule has 2 aromatic rings. The van der Waals surface area contributed by atoms with Crippen LogP contribution in [0.1, 0.15) is 12.8 Å². The molecule has 3 aliphatic heterocycles. The van der Waals surface area contributed by atoms with Crippen molar-refractivity contribution < 1.29 is 13.2 Å². The number of halogens is 2. The summed E-state index contributed by atoms with van der Waals surface area (Å²) in [6, 6.07) is 4.46. The van der Waals surface area contributed by atoms with Gasteiger partial charge in [0.25, 0.3) is 0 Å². The highest BCUT2D eigenvalue weighted by Crippen LogP contribution is 2.28. The molecule has 3 saturated heterocycles. The Balaban J connectivity index is 1.62. The third kappa shape index (κ3) is 2.35. The molecular weight excluding hydrogens is 290 g/mol. The van der Waals surface area contributed by atoms with Crippen molar-refractivity contribution in [2.75, 3.05) is 31.1 Å². The van der Waals surface area contributed by atoms with Crippen molar-refractivity contribution in [1.82, 2.24) is 15.1 Å². The highest BCUT2D eigenvalue weighted by atomic mass is 19.2. The van der Waals surface area contributed by atoms with Gasteiger partial charge in [-0.15, -0.1) is 5.10 Å². The van der Waals surface area contributed by atoms with E-state index in [1.54, 1.807) is 0 Å². The molecule has 0 saturated carbocycles. The minimum Gasteiger partial charge on any atom is -0.403 e. The molecule has 0 unspecified atom stereocenters. The van der Waals surface area contributed by atoms with Crippen LogP contribution in [0.2, 0.25) is 0 Å². The van der Waals surface area contributed by atoms with Crippen molar-refractivity contribution in [3.05, 3.63) is 29.8 Å². The second-order valence-electron chi connectivity index (χ2n) is 5.78. The summed E-state index contributed by atoms with van der Waals surface area (Å²) in [4.78, 5) is 4.58. The highest BCUT2D eigenvalue weighted by Gasteiger charge is 2.31. The number of hydrogen-bond acceptors (Lipinski definition) is 5. The van der Waals surface area contributed by atoms with Crippen LogP contribution in [-0.2, 0) is 0 Å². The summed E-state index contributed by atoms with van der Waals surface area (Å²) in [5, 5.41) is 8.09. The first-order valence-electron chi connectivity index (χ1n) is 7.48.